The van der Waals surface area contributed by atoms with E-state index >= 15 is 0 Å². The monoisotopic (exact) mass is 345 g/mol. The van der Waals surface area contributed by atoms with Crippen molar-refractivity contribution in [2.24, 2.45) is 0 Å². The molecular weight excluding hydrogens is 322 g/mol. The Bertz CT molecular complexity index is 693. The Labute approximate surface area is 146 Å². The van der Waals surface area contributed by atoms with Gasteiger partial charge in [0, 0.05) is 38.8 Å². The summed E-state index contributed by atoms with van der Waals surface area (Å²) < 4.78 is 10.5. The molecule has 0 bridgehead atoms. The zero-order chi connectivity index (χ0) is 17.6. The highest BCUT2D eigenvalue weighted by molar-refractivity contribution is 5.77. The molecule has 2 heterocycles. The molecular formula is C17H23N5O3. The third kappa shape index (κ3) is 4.55. The molecule has 1 aromatic heterocycles. The van der Waals surface area contributed by atoms with Crippen molar-refractivity contribution in [3.05, 3.63) is 30.2 Å². The highest BCUT2D eigenvalue weighted by Crippen LogP contribution is 2.20. The highest BCUT2D eigenvalue weighted by Gasteiger charge is 2.20. The van der Waals surface area contributed by atoms with Gasteiger partial charge in [-0.15, -0.1) is 0 Å². The van der Waals surface area contributed by atoms with Crippen LogP contribution in [0.5, 0.6) is 5.75 Å². The predicted molar refractivity (Wildman–Crippen MR) is 92.1 cm³/mol. The number of nitrogens with zero attached hydrogens (tertiary/aromatic N) is 4. The fourth-order valence-electron chi connectivity index (χ4n) is 2.76. The van der Waals surface area contributed by atoms with Crippen molar-refractivity contribution in [1.82, 2.24) is 25.3 Å². The van der Waals surface area contributed by atoms with Crippen LogP contribution in [0.2, 0.25) is 0 Å². The van der Waals surface area contributed by atoms with Crippen LogP contribution in [-0.2, 0) is 11.3 Å². The summed E-state index contributed by atoms with van der Waals surface area (Å²) in [6.45, 7) is 4.53. The van der Waals surface area contributed by atoms with Crippen molar-refractivity contribution < 1.29 is 14.1 Å². The van der Waals surface area contributed by atoms with Crippen LogP contribution in [0.4, 0.5) is 0 Å². The second kappa shape index (κ2) is 8.09. The van der Waals surface area contributed by atoms with Crippen molar-refractivity contribution in [1.29, 1.82) is 0 Å². The number of carbonyl (C=O) groups is 1. The third-order valence-electron chi connectivity index (χ3n) is 4.29. The normalized spacial score (nSPS) is 15.9. The fraction of sp³-hybridized carbons (Fsp3) is 0.471. The Hall–Kier alpha value is -2.45. The lowest BCUT2D eigenvalue weighted by atomic mass is 10.2. The number of rotatable bonds is 6. The van der Waals surface area contributed by atoms with Gasteiger partial charge in [-0.2, -0.15) is 4.98 Å². The van der Waals surface area contributed by atoms with E-state index in [2.05, 4.69) is 25.3 Å². The second-order valence-electron chi connectivity index (χ2n) is 5.97. The molecule has 0 saturated carbocycles. The second-order valence-corrected chi connectivity index (χ2v) is 5.97. The third-order valence-corrected chi connectivity index (χ3v) is 4.29. The van der Waals surface area contributed by atoms with Crippen LogP contribution >= 0.6 is 0 Å². The topological polar surface area (TPSA) is 83.7 Å². The smallest absolute Gasteiger partial charge is 0.241 e. The van der Waals surface area contributed by atoms with Crippen molar-refractivity contribution >= 4 is 5.91 Å². The van der Waals surface area contributed by atoms with Crippen molar-refractivity contribution in [3.8, 4) is 17.1 Å². The lowest BCUT2D eigenvalue weighted by Gasteiger charge is -2.33. The number of benzene rings is 1. The largest absolute Gasteiger partial charge is 0.497 e. The summed E-state index contributed by atoms with van der Waals surface area (Å²) in [6.07, 6.45) is 0. The molecule has 0 unspecified atom stereocenters. The summed E-state index contributed by atoms with van der Waals surface area (Å²) in [4.78, 5) is 20.3. The van der Waals surface area contributed by atoms with E-state index in [9.17, 15) is 4.79 Å². The van der Waals surface area contributed by atoms with Crippen LogP contribution in [0.3, 0.4) is 0 Å². The molecule has 1 fully saturated rings. The Balaban J connectivity index is 1.53. The van der Waals surface area contributed by atoms with Gasteiger partial charge in [0.1, 0.15) is 5.75 Å². The Morgan fingerprint density at radius 1 is 1.20 bits per heavy atom. The molecule has 1 N–H and O–H groups in total. The van der Waals surface area contributed by atoms with E-state index in [0.717, 1.165) is 37.5 Å². The summed E-state index contributed by atoms with van der Waals surface area (Å²) >= 11 is 0. The van der Waals surface area contributed by atoms with Gasteiger partial charge in [-0.25, -0.2) is 0 Å². The maximum atomic E-state index is 11.4. The molecule has 2 aromatic rings. The van der Waals surface area contributed by atoms with Gasteiger partial charge in [0.25, 0.3) is 0 Å². The first kappa shape index (κ1) is 17.4. The molecule has 1 saturated heterocycles. The van der Waals surface area contributed by atoms with E-state index in [1.165, 1.54) is 0 Å². The number of ether oxygens (including phenoxy) is 1. The van der Waals surface area contributed by atoms with E-state index in [-0.39, 0.29) is 5.91 Å². The Morgan fingerprint density at radius 3 is 2.52 bits per heavy atom. The molecule has 0 aliphatic carbocycles. The Kier molecular flexibility index (Phi) is 5.62. The lowest BCUT2D eigenvalue weighted by molar-refractivity contribution is -0.122. The summed E-state index contributed by atoms with van der Waals surface area (Å²) in [6, 6.07) is 7.56. The number of piperazine rings is 1. The number of carbonyl (C=O) groups excluding carboxylic acids is 1. The summed E-state index contributed by atoms with van der Waals surface area (Å²) in [7, 11) is 3.30. The van der Waals surface area contributed by atoms with Gasteiger partial charge in [-0.3, -0.25) is 14.6 Å². The number of amides is 1. The van der Waals surface area contributed by atoms with Crippen LogP contribution in [0, 0.1) is 0 Å². The molecule has 0 radical (unpaired) electrons. The Morgan fingerprint density at radius 2 is 1.88 bits per heavy atom. The average molecular weight is 345 g/mol. The maximum Gasteiger partial charge on any atom is 0.241 e. The number of aromatic nitrogens is 2. The summed E-state index contributed by atoms with van der Waals surface area (Å²) in [5, 5.41) is 6.71. The zero-order valence-electron chi connectivity index (χ0n) is 14.6. The summed E-state index contributed by atoms with van der Waals surface area (Å²) in [5.41, 5.74) is 0.895. The quantitative estimate of drug-likeness (QED) is 0.821. The fourth-order valence-corrected chi connectivity index (χ4v) is 2.76. The zero-order valence-corrected chi connectivity index (χ0v) is 14.6. The highest BCUT2D eigenvalue weighted by atomic mass is 16.5. The van der Waals surface area contributed by atoms with E-state index in [1.807, 2.05) is 24.3 Å². The van der Waals surface area contributed by atoms with Gasteiger partial charge in [0.2, 0.25) is 17.6 Å². The number of hydrogen-bond acceptors (Lipinski definition) is 7. The minimum absolute atomic E-state index is 0.0504. The van der Waals surface area contributed by atoms with Gasteiger partial charge < -0.3 is 14.6 Å². The van der Waals surface area contributed by atoms with Crippen LogP contribution in [0.25, 0.3) is 11.4 Å². The molecule has 1 aliphatic rings. The number of likely N-dealkylation sites (N-methyl/N-ethyl adjacent to an activating group) is 1. The van der Waals surface area contributed by atoms with Gasteiger partial charge in [0.05, 0.1) is 20.2 Å². The molecule has 0 spiro atoms. The molecule has 1 aromatic carbocycles. The van der Waals surface area contributed by atoms with Crippen molar-refractivity contribution in [2.75, 3.05) is 46.9 Å². The van der Waals surface area contributed by atoms with Crippen LogP contribution in [-0.4, -0.2) is 72.7 Å². The summed E-state index contributed by atoms with van der Waals surface area (Å²) in [5.74, 6) is 2.03. The van der Waals surface area contributed by atoms with Gasteiger partial charge in [-0.05, 0) is 24.3 Å². The molecule has 3 rings (SSSR count). The first-order valence-corrected chi connectivity index (χ1v) is 8.30. The van der Waals surface area contributed by atoms with E-state index in [0.29, 0.717) is 24.8 Å². The number of nitrogens with one attached hydrogen (secondary N) is 1. The molecule has 8 nitrogen and oxygen atoms in total. The van der Waals surface area contributed by atoms with Gasteiger partial charge >= 0.3 is 0 Å². The lowest BCUT2D eigenvalue weighted by Crippen LogP contribution is -2.48. The van der Waals surface area contributed by atoms with Crippen LogP contribution in [0.15, 0.2) is 28.8 Å². The maximum absolute atomic E-state index is 11.4. The first-order chi connectivity index (χ1) is 12.2. The van der Waals surface area contributed by atoms with E-state index in [4.69, 9.17) is 9.26 Å². The van der Waals surface area contributed by atoms with Gasteiger partial charge in [0.15, 0.2) is 0 Å². The molecule has 8 heteroatoms. The standard InChI is InChI=1S/C17H23N5O3/c1-18-15(23)11-21-7-9-22(10-8-21)12-16-19-17(20-25-16)13-3-5-14(24-2)6-4-13/h3-6H,7-12H2,1-2H3,(H,18,23). The SMILES string of the molecule is CNC(=O)CN1CCN(Cc2nc(-c3ccc(OC)cc3)no2)CC1. The first-order valence-electron chi connectivity index (χ1n) is 8.30. The van der Waals surface area contributed by atoms with Gasteiger partial charge in [-0.1, -0.05) is 5.16 Å². The van der Waals surface area contributed by atoms with Crippen LogP contribution in [0.1, 0.15) is 5.89 Å². The molecule has 25 heavy (non-hydrogen) atoms. The van der Waals surface area contributed by atoms with E-state index in [1.54, 1.807) is 14.2 Å². The predicted octanol–water partition coefficient (Wildman–Crippen LogP) is 0.609. The van der Waals surface area contributed by atoms with Crippen LogP contribution < -0.4 is 10.1 Å². The average Bonchev–Trinajstić information content (AvgIpc) is 3.12. The molecule has 134 valence electrons. The van der Waals surface area contributed by atoms with Crippen molar-refractivity contribution in [2.45, 2.75) is 6.54 Å². The minimum atomic E-state index is 0.0504. The molecule has 1 amide bonds. The molecule has 1 aliphatic heterocycles. The van der Waals surface area contributed by atoms with E-state index < -0.39 is 0 Å². The minimum Gasteiger partial charge on any atom is -0.497 e. The molecule has 0 atom stereocenters. The number of hydrogen-bond donors (Lipinski definition) is 1. The number of methoxy groups -OCH3 is 1. The van der Waals surface area contributed by atoms with Crippen molar-refractivity contribution in [3.63, 3.8) is 0 Å².